The number of para-hydroxylation sites is 2. The summed E-state index contributed by atoms with van der Waals surface area (Å²) in [4.78, 5) is 29.3. The van der Waals surface area contributed by atoms with E-state index < -0.39 is 5.25 Å². The van der Waals surface area contributed by atoms with Crippen molar-refractivity contribution in [2.75, 3.05) is 34.8 Å². The molecule has 0 aliphatic carbocycles. The van der Waals surface area contributed by atoms with Gasteiger partial charge in [-0.3, -0.25) is 19.1 Å². The third-order valence-electron chi connectivity index (χ3n) is 5.65. The maximum atomic E-state index is 13.3. The number of thioether (sulfide) groups is 1. The summed E-state index contributed by atoms with van der Waals surface area (Å²) in [7, 11) is 0. The summed E-state index contributed by atoms with van der Waals surface area (Å²) in [6.45, 7) is 4.21. The molecule has 1 N–H and O–H groups in total. The number of carbonyl (C=O) groups excluding carboxylic acids is 2. The zero-order valence-corrected chi connectivity index (χ0v) is 18.5. The number of furan rings is 1. The lowest BCUT2D eigenvalue weighted by atomic mass is 10.2. The number of hydrogen-bond donors (Lipinski definition) is 1. The highest BCUT2D eigenvalue weighted by Crippen LogP contribution is 2.33. The zero-order chi connectivity index (χ0) is 22.1. The van der Waals surface area contributed by atoms with Gasteiger partial charge in [-0.1, -0.05) is 23.9 Å². The molecule has 2 amide bonds. The molecular weight excluding hydrogens is 428 g/mol. The van der Waals surface area contributed by atoms with Crippen molar-refractivity contribution < 1.29 is 14.0 Å². The number of rotatable bonds is 6. The molecule has 0 radical (unpaired) electrons. The highest BCUT2D eigenvalue weighted by molar-refractivity contribution is 8.00. The first-order valence-electron chi connectivity index (χ1n) is 10.7. The Kier molecular flexibility index (Phi) is 5.60. The van der Waals surface area contributed by atoms with E-state index in [0.29, 0.717) is 23.1 Å². The van der Waals surface area contributed by atoms with Crippen LogP contribution in [0.2, 0.25) is 0 Å². The summed E-state index contributed by atoms with van der Waals surface area (Å²) in [5, 5.41) is 11.9. The SMILES string of the molecule is CC(Sc1nnc(N2CCCC2)n1Cc1ccco1)C(=O)N1CC(=O)Nc2ccccc21. The number of aromatic nitrogens is 3. The minimum atomic E-state index is -0.458. The van der Waals surface area contributed by atoms with Gasteiger partial charge >= 0.3 is 0 Å². The molecule has 1 unspecified atom stereocenters. The molecule has 1 aromatic carbocycles. The summed E-state index contributed by atoms with van der Waals surface area (Å²) in [5.41, 5.74) is 1.35. The fraction of sp³-hybridized carbons (Fsp3) is 0.364. The molecular formula is C22H24N6O3S. The van der Waals surface area contributed by atoms with E-state index in [1.165, 1.54) is 11.8 Å². The van der Waals surface area contributed by atoms with Gasteiger partial charge in [0.05, 0.1) is 29.4 Å². The van der Waals surface area contributed by atoms with Gasteiger partial charge in [0.2, 0.25) is 17.8 Å². The smallest absolute Gasteiger partial charge is 0.244 e. The summed E-state index contributed by atoms with van der Waals surface area (Å²) >= 11 is 1.35. The Balaban J connectivity index is 1.40. The van der Waals surface area contributed by atoms with Crippen molar-refractivity contribution in [2.45, 2.75) is 36.7 Å². The number of nitrogens with one attached hydrogen (secondary N) is 1. The van der Waals surface area contributed by atoms with Gasteiger partial charge < -0.3 is 14.6 Å². The predicted octanol–water partition coefficient (Wildman–Crippen LogP) is 2.99. The quantitative estimate of drug-likeness (QED) is 0.574. The average Bonchev–Trinajstić information content (AvgIpc) is 3.56. The first-order valence-corrected chi connectivity index (χ1v) is 11.6. The molecule has 5 rings (SSSR count). The summed E-state index contributed by atoms with van der Waals surface area (Å²) in [6.07, 6.45) is 3.90. The lowest BCUT2D eigenvalue weighted by Crippen LogP contribution is -2.45. The fourth-order valence-corrected chi connectivity index (χ4v) is 4.98. The van der Waals surface area contributed by atoms with Gasteiger partial charge in [-0.2, -0.15) is 0 Å². The van der Waals surface area contributed by atoms with Crippen molar-refractivity contribution >= 4 is 40.9 Å². The van der Waals surface area contributed by atoms with Gasteiger partial charge in [0, 0.05) is 13.1 Å². The van der Waals surface area contributed by atoms with Crippen molar-refractivity contribution in [3.8, 4) is 0 Å². The zero-order valence-electron chi connectivity index (χ0n) is 17.7. The largest absolute Gasteiger partial charge is 0.467 e. The Morgan fingerprint density at radius 3 is 2.78 bits per heavy atom. The van der Waals surface area contributed by atoms with Crippen LogP contribution in [0.4, 0.5) is 17.3 Å². The Bertz CT molecular complexity index is 1120. The number of anilines is 3. The average molecular weight is 453 g/mol. The lowest BCUT2D eigenvalue weighted by molar-refractivity contribution is -0.121. The van der Waals surface area contributed by atoms with Crippen LogP contribution in [0.1, 0.15) is 25.5 Å². The van der Waals surface area contributed by atoms with Crippen molar-refractivity contribution in [3.63, 3.8) is 0 Å². The normalized spacial score (nSPS) is 16.7. The number of carbonyl (C=O) groups is 2. The van der Waals surface area contributed by atoms with E-state index in [4.69, 9.17) is 4.42 Å². The third kappa shape index (κ3) is 3.97. The van der Waals surface area contributed by atoms with E-state index in [0.717, 1.165) is 37.6 Å². The van der Waals surface area contributed by atoms with Crippen LogP contribution in [0.15, 0.2) is 52.2 Å². The van der Waals surface area contributed by atoms with Gasteiger partial charge in [-0.05, 0) is 44.0 Å². The van der Waals surface area contributed by atoms with Crippen LogP contribution in [-0.4, -0.2) is 51.5 Å². The summed E-state index contributed by atoms with van der Waals surface area (Å²) in [6, 6.07) is 11.1. The van der Waals surface area contributed by atoms with Gasteiger partial charge in [0.1, 0.15) is 12.3 Å². The third-order valence-corrected chi connectivity index (χ3v) is 6.71. The van der Waals surface area contributed by atoms with Crippen LogP contribution in [0.3, 0.4) is 0 Å². The molecule has 2 aliphatic heterocycles. The number of benzene rings is 1. The molecule has 2 aromatic heterocycles. The van der Waals surface area contributed by atoms with E-state index in [1.54, 1.807) is 17.2 Å². The van der Waals surface area contributed by atoms with Crippen LogP contribution in [-0.2, 0) is 16.1 Å². The van der Waals surface area contributed by atoms with E-state index >= 15 is 0 Å². The molecule has 3 aromatic rings. The highest BCUT2D eigenvalue weighted by Gasteiger charge is 2.31. The van der Waals surface area contributed by atoms with Gasteiger partial charge in [-0.25, -0.2) is 0 Å². The van der Waals surface area contributed by atoms with E-state index in [9.17, 15) is 9.59 Å². The second-order valence-electron chi connectivity index (χ2n) is 7.89. The summed E-state index contributed by atoms with van der Waals surface area (Å²) in [5.74, 6) is 1.25. The molecule has 0 saturated carbocycles. The molecule has 32 heavy (non-hydrogen) atoms. The van der Waals surface area contributed by atoms with Crippen LogP contribution in [0, 0.1) is 0 Å². The first-order chi connectivity index (χ1) is 15.6. The second kappa shape index (κ2) is 8.70. The molecule has 0 bridgehead atoms. The van der Waals surface area contributed by atoms with Crippen molar-refractivity contribution in [1.29, 1.82) is 0 Å². The molecule has 1 atom stereocenters. The number of hydrogen-bond acceptors (Lipinski definition) is 7. The number of amides is 2. The molecule has 166 valence electrons. The van der Waals surface area contributed by atoms with Crippen LogP contribution < -0.4 is 15.1 Å². The molecule has 4 heterocycles. The second-order valence-corrected chi connectivity index (χ2v) is 9.20. The van der Waals surface area contributed by atoms with E-state index in [2.05, 4.69) is 20.4 Å². The lowest BCUT2D eigenvalue weighted by Gasteiger charge is -2.30. The van der Waals surface area contributed by atoms with Crippen LogP contribution in [0.25, 0.3) is 0 Å². The summed E-state index contributed by atoms with van der Waals surface area (Å²) < 4.78 is 7.56. The fourth-order valence-electron chi connectivity index (χ4n) is 4.07. The van der Waals surface area contributed by atoms with Gasteiger partial charge in [0.25, 0.3) is 0 Å². The van der Waals surface area contributed by atoms with Crippen molar-refractivity contribution in [3.05, 3.63) is 48.4 Å². The molecule has 9 nitrogen and oxygen atoms in total. The van der Waals surface area contributed by atoms with Crippen LogP contribution >= 0.6 is 11.8 Å². The Hall–Kier alpha value is -3.27. The van der Waals surface area contributed by atoms with Gasteiger partial charge in [-0.15, -0.1) is 10.2 Å². The molecule has 1 saturated heterocycles. The maximum Gasteiger partial charge on any atom is 0.244 e. The van der Waals surface area contributed by atoms with Crippen molar-refractivity contribution in [1.82, 2.24) is 14.8 Å². The van der Waals surface area contributed by atoms with E-state index in [1.807, 2.05) is 41.8 Å². The Morgan fingerprint density at radius 1 is 1.19 bits per heavy atom. The predicted molar refractivity (Wildman–Crippen MR) is 122 cm³/mol. The number of fused-ring (bicyclic) bond motifs is 1. The Morgan fingerprint density at radius 2 is 2.00 bits per heavy atom. The monoisotopic (exact) mass is 452 g/mol. The maximum absolute atomic E-state index is 13.3. The standard InChI is InChI=1S/C22H24N6O3S/c1-15(20(30)27-14-19(29)23-17-8-2-3-9-18(17)27)32-22-25-24-21(26-10-4-5-11-26)28(22)13-16-7-6-12-31-16/h2-3,6-9,12,15H,4-5,10-11,13-14H2,1H3,(H,23,29). The minimum Gasteiger partial charge on any atom is -0.467 e. The minimum absolute atomic E-state index is 0.00113. The highest BCUT2D eigenvalue weighted by atomic mass is 32.2. The van der Waals surface area contributed by atoms with Crippen LogP contribution in [0.5, 0.6) is 0 Å². The Labute approximate surface area is 189 Å². The molecule has 1 fully saturated rings. The first kappa shape index (κ1) is 20.6. The van der Waals surface area contributed by atoms with Crippen molar-refractivity contribution in [2.24, 2.45) is 0 Å². The topological polar surface area (TPSA) is 96.5 Å². The van der Waals surface area contributed by atoms with E-state index in [-0.39, 0.29) is 18.4 Å². The number of nitrogens with zero attached hydrogens (tertiary/aromatic N) is 5. The molecule has 2 aliphatic rings. The molecule has 0 spiro atoms. The molecule has 10 heteroatoms. The van der Waals surface area contributed by atoms with Gasteiger partial charge in [0.15, 0.2) is 5.16 Å².